The molecule has 0 aromatic carbocycles. The van der Waals surface area contributed by atoms with Crippen molar-refractivity contribution in [2.24, 2.45) is 0 Å². The number of carbonyl (C=O) groups is 1. The molecule has 1 unspecified atom stereocenters. The predicted molar refractivity (Wildman–Crippen MR) is 58.5 cm³/mol. The van der Waals surface area contributed by atoms with Crippen LogP contribution in [0.25, 0.3) is 0 Å². The molecule has 5 heteroatoms. The number of quaternary nitrogens is 1. The molecule has 0 aliphatic heterocycles. The van der Waals surface area contributed by atoms with Gasteiger partial charge in [0.25, 0.3) is 0 Å². The number of aromatic nitrogens is 1. The Hall–Kier alpha value is -1.46. The SMILES string of the molecule is CC(C)(C)OC(=O)[NH+]([O-])Cc1ccccn1. The first kappa shape index (κ1) is 12.6. The van der Waals surface area contributed by atoms with Crippen molar-refractivity contribution >= 4 is 6.09 Å². The highest BCUT2D eigenvalue weighted by Gasteiger charge is 2.22. The molecule has 5 nitrogen and oxygen atoms in total. The Morgan fingerprint density at radius 2 is 2.19 bits per heavy atom. The summed E-state index contributed by atoms with van der Waals surface area (Å²) in [6, 6.07) is 5.22. The fraction of sp³-hybridized carbons (Fsp3) is 0.455. The lowest BCUT2D eigenvalue weighted by Gasteiger charge is -2.24. The highest BCUT2D eigenvalue weighted by molar-refractivity contribution is 5.57. The van der Waals surface area contributed by atoms with Gasteiger partial charge in [-0.15, -0.1) is 0 Å². The lowest BCUT2D eigenvalue weighted by atomic mass is 10.2. The molecule has 0 spiro atoms. The Morgan fingerprint density at radius 3 is 2.69 bits per heavy atom. The summed E-state index contributed by atoms with van der Waals surface area (Å²) in [5.74, 6) is 0. The molecule has 1 N–H and O–H groups in total. The summed E-state index contributed by atoms with van der Waals surface area (Å²) in [5, 5.41) is 10.9. The van der Waals surface area contributed by atoms with Gasteiger partial charge in [-0.2, -0.15) is 4.79 Å². The molecule has 1 aromatic heterocycles. The third-order valence-corrected chi connectivity index (χ3v) is 1.69. The number of pyridine rings is 1. The topological polar surface area (TPSA) is 66.7 Å². The number of rotatable bonds is 2. The second kappa shape index (κ2) is 5.05. The van der Waals surface area contributed by atoms with Crippen LogP contribution in [0.3, 0.4) is 0 Å². The molecule has 88 valence electrons. The smallest absolute Gasteiger partial charge is 0.515 e. The van der Waals surface area contributed by atoms with Crippen molar-refractivity contribution in [1.82, 2.24) is 4.98 Å². The molecule has 0 saturated carbocycles. The standard InChI is InChI=1S/C11H16N2O3/c1-11(2,3)16-10(14)13(15)8-9-6-4-5-7-12-9/h4-7,13H,8H2,1-3H3. The zero-order valence-corrected chi connectivity index (χ0v) is 9.69. The highest BCUT2D eigenvalue weighted by atomic mass is 16.6. The van der Waals surface area contributed by atoms with E-state index in [0.717, 1.165) is 0 Å². The summed E-state index contributed by atoms with van der Waals surface area (Å²) >= 11 is 0. The first-order valence-corrected chi connectivity index (χ1v) is 5.04. The summed E-state index contributed by atoms with van der Waals surface area (Å²) in [7, 11) is 0. The van der Waals surface area contributed by atoms with Gasteiger partial charge < -0.3 is 9.94 Å². The van der Waals surface area contributed by atoms with Crippen LogP contribution in [0.5, 0.6) is 0 Å². The summed E-state index contributed by atoms with van der Waals surface area (Å²) in [6.45, 7) is 5.15. The molecule has 0 fully saturated rings. The minimum atomic E-state index is -0.807. The van der Waals surface area contributed by atoms with E-state index in [2.05, 4.69) is 4.98 Å². The fourth-order valence-electron chi connectivity index (χ4n) is 1.07. The summed E-state index contributed by atoms with van der Waals surface area (Å²) in [5.41, 5.74) is -0.0741. The molecule has 1 heterocycles. The van der Waals surface area contributed by atoms with Crippen LogP contribution in [0.2, 0.25) is 0 Å². The maximum atomic E-state index is 11.5. The van der Waals surface area contributed by atoms with E-state index in [0.29, 0.717) is 5.69 Å². The van der Waals surface area contributed by atoms with Gasteiger partial charge in [0.2, 0.25) is 0 Å². The average molecular weight is 224 g/mol. The molecular weight excluding hydrogens is 208 g/mol. The third-order valence-electron chi connectivity index (χ3n) is 1.69. The number of hydroxylamine groups is 2. The quantitative estimate of drug-likeness (QED) is 0.758. The first-order chi connectivity index (χ1) is 7.38. The van der Waals surface area contributed by atoms with Crippen LogP contribution in [0.1, 0.15) is 26.5 Å². The zero-order valence-electron chi connectivity index (χ0n) is 9.69. The Balaban J connectivity index is 2.53. The van der Waals surface area contributed by atoms with E-state index in [1.165, 1.54) is 0 Å². The molecule has 1 aromatic rings. The van der Waals surface area contributed by atoms with Crippen LogP contribution in [0, 0.1) is 5.21 Å². The van der Waals surface area contributed by atoms with E-state index in [1.807, 2.05) is 0 Å². The number of carbonyl (C=O) groups excluding carboxylic acids is 1. The van der Waals surface area contributed by atoms with Gasteiger partial charge in [-0.1, -0.05) is 6.07 Å². The van der Waals surface area contributed by atoms with Crippen molar-refractivity contribution < 1.29 is 14.6 Å². The number of nitrogens with one attached hydrogen (secondary N) is 1. The van der Waals surface area contributed by atoms with Crippen molar-refractivity contribution in [3.05, 3.63) is 35.3 Å². The molecule has 1 atom stereocenters. The lowest BCUT2D eigenvalue weighted by Crippen LogP contribution is -3.09. The number of alkyl carbamates (subject to hydrolysis) is 1. The van der Waals surface area contributed by atoms with Crippen molar-refractivity contribution in [3.8, 4) is 0 Å². The molecule has 0 aliphatic carbocycles. The molecule has 1 amide bonds. The van der Waals surface area contributed by atoms with Crippen LogP contribution in [-0.2, 0) is 11.3 Å². The maximum absolute atomic E-state index is 11.5. The summed E-state index contributed by atoms with van der Waals surface area (Å²) < 4.78 is 4.96. The van der Waals surface area contributed by atoms with Gasteiger partial charge in [-0.3, -0.25) is 10.0 Å². The second-order valence-electron chi connectivity index (χ2n) is 4.42. The Kier molecular flexibility index (Phi) is 3.98. The van der Waals surface area contributed by atoms with Gasteiger partial charge in [0, 0.05) is 6.20 Å². The Labute approximate surface area is 94.6 Å². The number of hydrogen-bond acceptors (Lipinski definition) is 4. The van der Waals surface area contributed by atoms with Crippen LogP contribution in [0.15, 0.2) is 24.4 Å². The van der Waals surface area contributed by atoms with Crippen LogP contribution in [0.4, 0.5) is 4.79 Å². The van der Waals surface area contributed by atoms with E-state index in [1.54, 1.807) is 45.2 Å². The average Bonchev–Trinajstić information content (AvgIpc) is 2.16. The van der Waals surface area contributed by atoms with Crippen LogP contribution >= 0.6 is 0 Å². The number of ether oxygens (including phenoxy) is 1. The van der Waals surface area contributed by atoms with Gasteiger partial charge in [-0.25, -0.2) is 0 Å². The van der Waals surface area contributed by atoms with Gasteiger partial charge in [0.05, 0.1) is 5.69 Å². The molecule has 1 rings (SSSR count). The Bertz CT molecular complexity index is 346. The minimum Gasteiger partial charge on any atom is -0.624 e. The molecular formula is C11H16N2O3. The highest BCUT2D eigenvalue weighted by Crippen LogP contribution is 2.05. The van der Waals surface area contributed by atoms with Crippen molar-refractivity contribution in [2.75, 3.05) is 0 Å². The van der Waals surface area contributed by atoms with Crippen molar-refractivity contribution in [3.63, 3.8) is 0 Å². The van der Waals surface area contributed by atoms with Gasteiger partial charge in [0.1, 0.15) is 12.1 Å². The molecule has 16 heavy (non-hydrogen) atoms. The summed E-state index contributed by atoms with van der Waals surface area (Å²) in [6.07, 6.45) is 0.774. The normalized spacial score (nSPS) is 13.2. The van der Waals surface area contributed by atoms with Crippen molar-refractivity contribution in [2.45, 2.75) is 32.9 Å². The fourth-order valence-corrected chi connectivity index (χ4v) is 1.07. The Morgan fingerprint density at radius 1 is 1.50 bits per heavy atom. The van der Waals surface area contributed by atoms with Crippen LogP contribution in [-0.4, -0.2) is 16.7 Å². The molecule has 0 saturated heterocycles. The van der Waals surface area contributed by atoms with E-state index < -0.39 is 16.8 Å². The zero-order chi connectivity index (χ0) is 12.2. The first-order valence-electron chi connectivity index (χ1n) is 5.04. The van der Waals surface area contributed by atoms with E-state index in [-0.39, 0.29) is 6.54 Å². The monoisotopic (exact) mass is 224 g/mol. The van der Waals surface area contributed by atoms with Crippen molar-refractivity contribution in [1.29, 1.82) is 0 Å². The van der Waals surface area contributed by atoms with E-state index in [9.17, 15) is 10.0 Å². The maximum Gasteiger partial charge on any atom is 0.515 e. The summed E-state index contributed by atoms with van der Waals surface area (Å²) in [4.78, 5) is 15.3. The number of amides is 1. The lowest BCUT2D eigenvalue weighted by molar-refractivity contribution is -0.785. The number of hydrogen-bond donors (Lipinski definition) is 1. The van der Waals surface area contributed by atoms with E-state index >= 15 is 0 Å². The van der Waals surface area contributed by atoms with Gasteiger partial charge >= 0.3 is 6.09 Å². The third kappa shape index (κ3) is 4.37. The van der Waals surface area contributed by atoms with E-state index in [4.69, 9.17) is 4.74 Å². The van der Waals surface area contributed by atoms with Gasteiger partial charge in [0.15, 0.2) is 0 Å². The second-order valence-corrected chi connectivity index (χ2v) is 4.42. The van der Waals surface area contributed by atoms with Gasteiger partial charge in [-0.05, 0) is 32.9 Å². The minimum absolute atomic E-state index is 0.0181. The largest absolute Gasteiger partial charge is 0.624 e. The molecule has 0 aliphatic rings. The molecule has 0 bridgehead atoms. The molecule has 0 radical (unpaired) electrons. The predicted octanol–water partition coefficient (Wildman–Crippen LogP) is 0.899. The van der Waals surface area contributed by atoms with Crippen LogP contribution < -0.4 is 5.06 Å². The number of nitrogens with zero attached hydrogens (tertiary/aromatic N) is 1.